The Bertz CT molecular complexity index is 691. The molecule has 0 aromatic carbocycles. The molecule has 6 nitrogen and oxygen atoms in total. The molecule has 1 aliphatic rings. The minimum atomic E-state index is 0.0205. The maximum absolute atomic E-state index is 12.6. The van der Waals surface area contributed by atoms with Gasteiger partial charge in [-0.25, -0.2) is 9.67 Å². The Morgan fingerprint density at radius 3 is 2.86 bits per heavy atom. The number of fused-ring (bicyclic) bond motifs is 1. The Morgan fingerprint density at radius 2 is 2.24 bits per heavy atom. The number of hydrogen-bond acceptors (Lipinski definition) is 4. The summed E-state index contributed by atoms with van der Waals surface area (Å²) in [6.45, 7) is 7.35. The summed E-state index contributed by atoms with van der Waals surface area (Å²) in [4.78, 5) is 19.0. The summed E-state index contributed by atoms with van der Waals surface area (Å²) < 4.78 is 1.88. The molecule has 112 valence electrons. The fourth-order valence-corrected chi connectivity index (χ4v) is 2.80. The van der Waals surface area contributed by atoms with Gasteiger partial charge in [-0.05, 0) is 33.3 Å². The minimum Gasteiger partial charge on any atom is -0.337 e. The lowest BCUT2D eigenvalue weighted by Gasteiger charge is -2.17. The lowest BCUT2D eigenvalue weighted by atomic mass is 10.1. The number of pyridine rings is 1. The Balaban J connectivity index is 2.00. The molecule has 1 saturated heterocycles. The topological polar surface area (TPSA) is 77.0 Å². The Morgan fingerprint density at radius 1 is 1.48 bits per heavy atom. The molecule has 1 amide bonds. The van der Waals surface area contributed by atoms with Crippen LogP contribution in [0.4, 0.5) is 0 Å². The lowest BCUT2D eigenvalue weighted by Crippen LogP contribution is -2.32. The number of aryl methyl sites for hydroxylation is 1. The van der Waals surface area contributed by atoms with E-state index in [1.54, 1.807) is 6.20 Å². The van der Waals surface area contributed by atoms with E-state index in [-0.39, 0.29) is 18.0 Å². The predicted molar refractivity (Wildman–Crippen MR) is 81.1 cm³/mol. The van der Waals surface area contributed by atoms with Gasteiger partial charge in [0.1, 0.15) is 0 Å². The molecule has 0 spiro atoms. The van der Waals surface area contributed by atoms with Crippen LogP contribution in [0.5, 0.6) is 0 Å². The molecule has 0 bridgehead atoms. The van der Waals surface area contributed by atoms with Gasteiger partial charge < -0.3 is 10.6 Å². The largest absolute Gasteiger partial charge is 0.337 e. The van der Waals surface area contributed by atoms with Crippen LogP contribution in [0.2, 0.25) is 0 Å². The van der Waals surface area contributed by atoms with Crippen molar-refractivity contribution in [1.29, 1.82) is 0 Å². The lowest BCUT2D eigenvalue weighted by molar-refractivity contribution is 0.0790. The van der Waals surface area contributed by atoms with Crippen LogP contribution in [0, 0.1) is 6.92 Å². The van der Waals surface area contributed by atoms with Crippen LogP contribution in [-0.4, -0.2) is 44.7 Å². The van der Waals surface area contributed by atoms with Crippen LogP contribution in [0.3, 0.4) is 0 Å². The minimum absolute atomic E-state index is 0.0205. The number of rotatable bonds is 2. The van der Waals surface area contributed by atoms with E-state index in [4.69, 9.17) is 5.73 Å². The molecular formula is C15H21N5O. The summed E-state index contributed by atoms with van der Waals surface area (Å²) in [6, 6.07) is 2.23. The van der Waals surface area contributed by atoms with Crippen molar-refractivity contribution < 1.29 is 4.79 Å². The molecular weight excluding hydrogens is 266 g/mol. The van der Waals surface area contributed by atoms with E-state index in [2.05, 4.69) is 23.9 Å². The molecule has 1 aliphatic heterocycles. The highest BCUT2D eigenvalue weighted by Crippen LogP contribution is 2.21. The molecule has 2 aromatic heterocycles. The molecule has 1 fully saturated rings. The van der Waals surface area contributed by atoms with E-state index < -0.39 is 0 Å². The van der Waals surface area contributed by atoms with E-state index in [0.717, 1.165) is 29.7 Å². The highest BCUT2D eigenvalue weighted by Gasteiger charge is 2.26. The van der Waals surface area contributed by atoms with E-state index in [0.29, 0.717) is 12.1 Å². The zero-order chi connectivity index (χ0) is 15.1. The molecule has 0 radical (unpaired) electrons. The highest BCUT2D eigenvalue weighted by molar-refractivity contribution is 5.98. The number of likely N-dealkylation sites (tertiary alicyclic amines) is 1. The molecule has 2 N–H and O–H groups in total. The summed E-state index contributed by atoms with van der Waals surface area (Å²) in [7, 11) is 0. The maximum Gasteiger partial charge on any atom is 0.255 e. The first-order chi connectivity index (χ1) is 9.97. The molecule has 2 aromatic rings. The van der Waals surface area contributed by atoms with Gasteiger partial charge in [-0.15, -0.1) is 0 Å². The van der Waals surface area contributed by atoms with Crippen molar-refractivity contribution in [2.45, 2.75) is 39.3 Å². The van der Waals surface area contributed by atoms with Crippen LogP contribution in [0.25, 0.3) is 11.0 Å². The fraction of sp³-hybridized carbons (Fsp3) is 0.533. The fourth-order valence-electron chi connectivity index (χ4n) is 2.80. The number of carbonyl (C=O) groups is 1. The molecule has 21 heavy (non-hydrogen) atoms. The molecule has 0 unspecified atom stereocenters. The first-order valence-corrected chi connectivity index (χ1v) is 7.37. The maximum atomic E-state index is 12.6. The summed E-state index contributed by atoms with van der Waals surface area (Å²) >= 11 is 0. The smallest absolute Gasteiger partial charge is 0.255 e. The number of carbonyl (C=O) groups excluding carboxylic acids is 1. The van der Waals surface area contributed by atoms with Gasteiger partial charge >= 0.3 is 0 Å². The molecule has 3 heterocycles. The van der Waals surface area contributed by atoms with Gasteiger partial charge in [0.15, 0.2) is 5.65 Å². The Hall–Kier alpha value is -1.95. The first-order valence-electron chi connectivity index (χ1n) is 7.37. The van der Waals surface area contributed by atoms with Crippen molar-refractivity contribution in [3.05, 3.63) is 23.5 Å². The predicted octanol–water partition coefficient (Wildman–Crippen LogP) is 1.49. The number of nitrogens with zero attached hydrogens (tertiary/aromatic N) is 4. The van der Waals surface area contributed by atoms with Gasteiger partial charge in [-0.1, -0.05) is 0 Å². The van der Waals surface area contributed by atoms with E-state index >= 15 is 0 Å². The summed E-state index contributed by atoms with van der Waals surface area (Å²) in [6.07, 6.45) is 2.64. The van der Waals surface area contributed by atoms with Crippen LogP contribution < -0.4 is 5.73 Å². The first kappa shape index (κ1) is 14.0. The second kappa shape index (κ2) is 5.11. The van der Waals surface area contributed by atoms with Crippen molar-refractivity contribution in [1.82, 2.24) is 19.7 Å². The number of nitrogens with two attached hydrogens (primary N) is 1. The van der Waals surface area contributed by atoms with Gasteiger partial charge in [0.05, 0.1) is 17.5 Å². The van der Waals surface area contributed by atoms with Gasteiger partial charge in [-0.2, -0.15) is 5.10 Å². The average molecular weight is 287 g/mol. The second-order valence-corrected chi connectivity index (χ2v) is 6.02. The number of hydrogen-bond donors (Lipinski definition) is 1. The van der Waals surface area contributed by atoms with Crippen LogP contribution in [0.15, 0.2) is 12.3 Å². The molecule has 0 aliphatic carbocycles. The molecule has 1 atom stereocenters. The Labute approximate surface area is 123 Å². The molecule has 0 saturated carbocycles. The standard InChI is InChI=1S/C15H21N5O/c1-9(2)20-14-11(7-17-20)6-13(10(3)18-14)15(21)19-5-4-12(16)8-19/h6-7,9,12H,4-5,8,16H2,1-3H3/t12-/m1/s1. The summed E-state index contributed by atoms with van der Waals surface area (Å²) in [5, 5.41) is 5.26. The van der Waals surface area contributed by atoms with Crippen LogP contribution in [-0.2, 0) is 0 Å². The summed E-state index contributed by atoms with van der Waals surface area (Å²) in [5.74, 6) is 0.0205. The van der Waals surface area contributed by atoms with Crippen LogP contribution in [0.1, 0.15) is 42.4 Å². The third kappa shape index (κ3) is 2.40. The Kier molecular flexibility index (Phi) is 3.41. The zero-order valence-electron chi connectivity index (χ0n) is 12.7. The quantitative estimate of drug-likeness (QED) is 0.908. The normalized spacial score (nSPS) is 18.9. The van der Waals surface area contributed by atoms with E-state index in [1.165, 1.54) is 0 Å². The molecule has 6 heteroatoms. The van der Waals surface area contributed by atoms with Gasteiger partial charge in [0.25, 0.3) is 5.91 Å². The van der Waals surface area contributed by atoms with Gasteiger partial charge in [-0.3, -0.25) is 4.79 Å². The second-order valence-electron chi connectivity index (χ2n) is 6.02. The van der Waals surface area contributed by atoms with Crippen molar-refractivity contribution in [3.8, 4) is 0 Å². The average Bonchev–Trinajstić information content (AvgIpc) is 3.03. The van der Waals surface area contributed by atoms with Gasteiger partial charge in [0.2, 0.25) is 0 Å². The monoisotopic (exact) mass is 287 g/mol. The summed E-state index contributed by atoms with van der Waals surface area (Å²) in [5.41, 5.74) is 8.11. The molecule has 3 rings (SSSR count). The third-order valence-corrected chi connectivity index (χ3v) is 3.99. The van der Waals surface area contributed by atoms with Crippen molar-refractivity contribution >= 4 is 16.9 Å². The van der Waals surface area contributed by atoms with Gasteiger partial charge in [0, 0.05) is 30.6 Å². The van der Waals surface area contributed by atoms with E-state index in [1.807, 2.05) is 22.6 Å². The highest BCUT2D eigenvalue weighted by atomic mass is 16.2. The van der Waals surface area contributed by atoms with Crippen molar-refractivity contribution in [3.63, 3.8) is 0 Å². The number of aromatic nitrogens is 3. The number of amides is 1. The zero-order valence-corrected chi connectivity index (χ0v) is 12.7. The van der Waals surface area contributed by atoms with E-state index in [9.17, 15) is 4.79 Å². The van der Waals surface area contributed by atoms with Crippen molar-refractivity contribution in [2.24, 2.45) is 5.73 Å². The van der Waals surface area contributed by atoms with Crippen molar-refractivity contribution in [2.75, 3.05) is 13.1 Å². The van der Waals surface area contributed by atoms with Crippen LogP contribution >= 0.6 is 0 Å². The third-order valence-electron chi connectivity index (χ3n) is 3.99. The SMILES string of the molecule is Cc1nc2c(cnn2C(C)C)cc1C(=O)N1CC[C@@H](N)C1.